The fraction of sp³-hybridized carbons (Fsp3) is 0.103. The molecule has 0 fully saturated rings. The summed E-state index contributed by atoms with van der Waals surface area (Å²) in [6.45, 7) is 4.38. The Morgan fingerprint density at radius 1 is 0.939 bits per heavy atom. The van der Waals surface area contributed by atoms with Gasteiger partial charge in [0.05, 0.1) is 0 Å². The highest BCUT2D eigenvalue weighted by molar-refractivity contribution is 6.11. The topological polar surface area (TPSA) is 62.1 Å². The summed E-state index contributed by atoms with van der Waals surface area (Å²) < 4.78 is 6.14. The first kappa shape index (κ1) is 21.9. The Bertz CT molecular complexity index is 1380. The number of carbonyl (C=O) groups excluding carboxylic acids is 1. The van der Waals surface area contributed by atoms with Gasteiger partial charge in [-0.2, -0.15) is 5.26 Å². The van der Waals surface area contributed by atoms with Crippen LogP contribution in [0.5, 0.6) is 5.75 Å². The van der Waals surface area contributed by atoms with Crippen LogP contribution in [0.4, 0.5) is 5.69 Å². The summed E-state index contributed by atoms with van der Waals surface area (Å²) in [5.74, 6) is 0.158. The fourth-order valence-corrected chi connectivity index (χ4v) is 3.61. The van der Waals surface area contributed by atoms with Gasteiger partial charge < -0.3 is 10.1 Å². The van der Waals surface area contributed by atoms with Crippen molar-refractivity contribution in [1.82, 2.24) is 0 Å². The van der Waals surface area contributed by atoms with Gasteiger partial charge in [-0.15, -0.1) is 0 Å². The molecule has 1 amide bonds. The van der Waals surface area contributed by atoms with E-state index in [2.05, 4.69) is 11.4 Å². The van der Waals surface area contributed by atoms with E-state index >= 15 is 0 Å². The van der Waals surface area contributed by atoms with E-state index in [0.717, 1.165) is 21.9 Å². The molecule has 0 aromatic heterocycles. The zero-order chi connectivity index (χ0) is 23.2. The minimum absolute atomic E-state index is 0.00745. The van der Waals surface area contributed by atoms with Gasteiger partial charge in [0.1, 0.15) is 24.0 Å². The Kier molecular flexibility index (Phi) is 6.52. The zero-order valence-corrected chi connectivity index (χ0v) is 18.6. The molecular formula is C29H24N2O2. The van der Waals surface area contributed by atoms with Gasteiger partial charge in [-0.3, -0.25) is 4.79 Å². The summed E-state index contributed by atoms with van der Waals surface area (Å²) in [7, 11) is 0. The lowest BCUT2D eigenvalue weighted by Gasteiger charge is -2.13. The standard InChI is InChI=1S/C29H24N2O2/c1-20-10-12-22(13-11-20)19-33-28-15-14-23-7-3-4-9-26(23)27(28)17-24(18-30)29(32)31-25-8-5-6-21(2)16-25/h3-17H,19H2,1-2H3,(H,31,32)/b24-17-. The molecule has 4 heteroatoms. The third-order valence-corrected chi connectivity index (χ3v) is 5.38. The molecule has 0 aliphatic carbocycles. The Morgan fingerprint density at radius 2 is 1.73 bits per heavy atom. The summed E-state index contributed by atoms with van der Waals surface area (Å²) in [6.07, 6.45) is 1.61. The van der Waals surface area contributed by atoms with Crippen LogP contribution in [0.25, 0.3) is 16.8 Å². The molecule has 0 unspecified atom stereocenters. The molecule has 4 aromatic carbocycles. The number of rotatable bonds is 6. The average molecular weight is 433 g/mol. The first-order valence-corrected chi connectivity index (χ1v) is 10.7. The first-order chi connectivity index (χ1) is 16.0. The molecule has 0 heterocycles. The summed E-state index contributed by atoms with van der Waals surface area (Å²) in [6, 6.07) is 29.4. The predicted octanol–water partition coefficient (Wildman–Crippen LogP) is 6.58. The van der Waals surface area contributed by atoms with Crippen molar-refractivity contribution in [2.75, 3.05) is 5.32 Å². The van der Waals surface area contributed by atoms with E-state index in [1.807, 2.05) is 92.7 Å². The molecule has 0 aliphatic rings. The third kappa shape index (κ3) is 5.28. The fourth-order valence-electron chi connectivity index (χ4n) is 3.61. The lowest BCUT2D eigenvalue weighted by Crippen LogP contribution is -2.13. The van der Waals surface area contributed by atoms with Crippen LogP contribution in [0.3, 0.4) is 0 Å². The zero-order valence-electron chi connectivity index (χ0n) is 18.6. The Hall–Kier alpha value is -4.36. The monoisotopic (exact) mass is 432 g/mol. The predicted molar refractivity (Wildman–Crippen MR) is 133 cm³/mol. The molecule has 162 valence electrons. The van der Waals surface area contributed by atoms with Crippen molar-refractivity contribution < 1.29 is 9.53 Å². The molecule has 0 radical (unpaired) electrons. The van der Waals surface area contributed by atoms with Gasteiger partial charge in [0.2, 0.25) is 0 Å². The largest absolute Gasteiger partial charge is 0.488 e. The smallest absolute Gasteiger partial charge is 0.266 e. The number of benzene rings is 4. The number of anilines is 1. The number of hydrogen-bond acceptors (Lipinski definition) is 3. The lowest BCUT2D eigenvalue weighted by atomic mass is 10.0. The van der Waals surface area contributed by atoms with E-state index in [1.54, 1.807) is 12.1 Å². The van der Waals surface area contributed by atoms with Gasteiger partial charge in [0, 0.05) is 11.3 Å². The molecule has 1 N–H and O–H groups in total. The van der Waals surface area contributed by atoms with E-state index in [1.165, 1.54) is 5.56 Å². The summed E-state index contributed by atoms with van der Waals surface area (Å²) in [5, 5.41) is 14.5. The van der Waals surface area contributed by atoms with Crippen LogP contribution < -0.4 is 10.1 Å². The highest BCUT2D eigenvalue weighted by Crippen LogP contribution is 2.31. The second kappa shape index (κ2) is 9.84. The minimum Gasteiger partial charge on any atom is -0.488 e. The molecule has 0 spiro atoms. The number of aryl methyl sites for hydroxylation is 2. The maximum atomic E-state index is 12.9. The van der Waals surface area contributed by atoms with Crippen molar-refractivity contribution in [3.8, 4) is 11.8 Å². The van der Waals surface area contributed by atoms with Crippen molar-refractivity contribution in [3.63, 3.8) is 0 Å². The number of carbonyl (C=O) groups is 1. The van der Waals surface area contributed by atoms with Crippen molar-refractivity contribution in [2.45, 2.75) is 20.5 Å². The number of ether oxygens (including phenoxy) is 1. The summed E-state index contributed by atoms with van der Waals surface area (Å²) in [4.78, 5) is 12.9. The van der Waals surface area contributed by atoms with Gasteiger partial charge >= 0.3 is 0 Å². The number of fused-ring (bicyclic) bond motifs is 1. The highest BCUT2D eigenvalue weighted by atomic mass is 16.5. The van der Waals surface area contributed by atoms with Crippen LogP contribution in [0.15, 0.2) is 90.5 Å². The normalized spacial score (nSPS) is 11.1. The van der Waals surface area contributed by atoms with Crippen LogP contribution in [-0.4, -0.2) is 5.91 Å². The van der Waals surface area contributed by atoms with Crippen LogP contribution in [0, 0.1) is 25.2 Å². The van der Waals surface area contributed by atoms with Gasteiger partial charge in [-0.25, -0.2) is 0 Å². The maximum absolute atomic E-state index is 12.9. The van der Waals surface area contributed by atoms with Crippen molar-refractivity contribution >= 4 is 28.4 Å². The molecule has 0 aliphatic heterocycles. The van der Waals surface area contributed by atoms with Crippen molar-refractivity contribution in [3.05, 3.63) is 113 Å². The van der Waals surface area contributed by atoms with E-state index in [0.29, 0.717) is 23.6 Å². The highest BCUT2D eigenvalue weighted by Gasteiger charge is 2.14. The van der Waals surface area contributed by atoms with Crippen LogP contribution >= 0.6 is 0 Å². The maximum Gasteiger partial charge on any atom is 0.266 e. The average Bonchev–Trinajstić information content (AvgIpc) is 2.82. The van der Waals surface area contributed by atoms with Crippen molar-refractivity contribution in [1.29, 1.82) is 5.26 Å². The van der Waals surface area contributed by atoms with E-state index in [4.69, 9.17) is 4.74 Å². The molecule has 4 rings (SSSR count). The third-order valence-electron chi connectivity index (χ3n) is 5.38. The molecule has 0 saturated carbocycles. The first-order valence-electron chi connectivity index (χ1n) is 10.7. The molecule has 4 aromatic rings. The van der Waals surface area contributed by atoms with Crippen LogP contribution in [0.2, 0.25) is 0 Å². The second-order valence-electron chi connectivity index (χ2n) is 7.97. The second-order valence-corrected chi connectivity index (χ2v) is 7.97. The lowest BCUT2D eigenvalue weighted by molar-refractivity contribution is -0.112. The summed E-state index contributed by atoms with van der Waals surface area (Å²) in [5.41, 5.74) is 4.61. The molecule has 0 bridgehead atoms. The Labute approximate surface area is 193 Å². The Balaban J connectivity index is 1.69. The number of nitrogens with zero attached hydrogens (tertiary/aromatic N) is 1. The number of nitriles is 1. The molecule has 4 nitrogen and oxygen atoms in total. The quantitative estimate of drug-likeness (QED) is 0.276. The molecule has 0 saturated heterocycles. The molecule has 0 atom stereocenters. The van der Waals surface area contributed by atoms with E-state index in [-0.39, 0.29) is 5.57 Å². The SMILES string of the molecule is Cc1ccc(COc2ccc3ccccc3c2/C=C(/C#N)C(=O)Nc2cccc(C)c2)cc1. The van der Waals surface area contributed by atoms with Crippen LogP contribution in [-0.2, 0) is 11.4 Å². The van der Waals surface area contributed by atoms with Crippen LogP contribution in [0.1, 0.15) is 22.3 Å². The Morgan fingerprint density at radius 3 is 2.48 bits per heavy atom. The molecular weight excluding hydrogens is 408 g/mol. The number of nitrogens with one attached hydrogen (secondary N) is 1. The minimum atomic E-state index is -0.458. The number of hydrogen-bond donors (Lipinski definition) is 1. The summed E-state index contributed by atoms with van der Waals surface area (Å²) >= 11 is 0. The van der Waals surface area contributed by atoms with Gasteiger partial charge in [-0.05, 0) is 60.0 Å². The van der Waals surface area contributed by atoms with Crippen molar-refractivity contribution in [2.24, 2.45) is 0 Å². The van der Waals surface area contributed by atoms with E-state index < -0.39 is 5.91 Å². The van der Waals surface area contributed by atoms with Gasteiger partial charge in [0.15, 0.2) is 0 Å². The number of amides is 1. The van der Waals surface area contributed by atoms with E-state index in [9.17, 15) is 10.1 Å². The van der Waals surface area contributed by atoms with Gasteiger partial charge in [0.25, 0.3) is 5.91 Å². The molecule has 33 heavy (non-hydrogen) atoms. The van der Waals surface area contributed by atoms with Gasteiger partial charge in [-0.1, -0.05) is 72.3 Å².